The highest BCUT2D eigenvalue weighted by atomic mass is 16.3. The molecule has 0 fully saturated rings. The summed E-state index contributed by atoms with van der Waals surface area (Å²) in [6, 6.07) is 0. The van der Waals surface area contributed by atoms with Crippen molar-refractivity contribution in [2.75, 3.05) is 39.3 Å². The van der Waals surface area contributed by atoms with Gasteiger partial charge < -0.3 is 21.9 Å². The van der Waals surface area contributed by atoms with Gasteiger partial charge in [0.15, 0.2) is 5.85 Å². The number of nitrogens with two attached hydrogens (primary N) is 3. The van der Waals surface area contributed by atoms with Crippen LogP contribution in [0.2, 0.25) is 0 Å². The number of rotatable bonds is 8. The van der Waals surface area contributed by atoms with Gasteiger partial charge in [-0.1, -0.05) is 0 Å². The Morgan fingerprint density at radius 1 is 1.21 bits per heavy atom. The molecule has 0 rings (SSSR count). The predicted octanol–water partition coefficient (Wildman–Crippen LogP) is -2.58. The molecule has 0 saturated carbocycles. The van der Waals surface area contributed by atoms with E-state index in [1.54, 1.807) is 11.8 Å². The van der Waals surface area contributed by atoms with E-state index in [1.807, 2.05) is 0 Å². The average molecular weight is 205 g/mol. The summed E-state index contributed by atoms with van der Waals surface area (Å²) >= 11 is 0. The number of aliphatic hydroxyl groups is 1. The minimum absolute atomic E-state index is 0.476. The van der Waals surface area contributed by atoms with Crippen molar-refractivity contribution >= 4 is 0 Å². The van der Waals surface area contributed by atoms with Gasteiger partial charge in [0.2, 0.25) is 0 Å². The Balaban J connectivity index is 3.74. The largest absolute Gasteiger partial charge is 0.363 e. The van der Waals surface area contributed by atoms with Crippen LogP contribution in [-0.4, -0.2) is 55.1 Å². The molecule has 6 heteroatoms. The lowest BCUT2D eigenvalue weighted by molar-refractivity contribution is -0.0863. The average Bonchev–Trinajstić information content (AvgIpc) is 2.08. The van der Waals surface area contributed by atoms with Crippen LogP contribution in [0.1, 0.15) is 6.92 Å². The first-order valence-electron chi connectivity index (χ1n) is 4.89. The van der Waals surface area contributed by atoms with Crippen LogP contribution >= 0.6 is 0 Å². The van der Waals surface area contributed by atoms with Crippen LogP contribution in [0.5, 0.6) is 0 Å². The van der Waals surface area contributed by atoms with Crippen LogP contribution in [0, 0.1) is 0 Å². The van der Waals surface area contributed by atoms with Gasteiger partial charge in [0.25, 0.3) is 0 Å². The molecule has 0 aromatic carbocycles. The standard InChI is InChI=1S/C8H23N5O/c1-8(11,14)13(6-3-10)7-5-12-4-2-9/h12,14H,2-7,9-11H2,1H3. The molecule has 0 saturated heterocycles. The van der Waals surface area contributed by atoms with Crippen molar-refractivity contribution in [3.63, 3.8) is 0 Å². The maximum absolute atomic E-state index is 9.56. The summed E-state index contributed by atoms with van der Waals surface area (Å²) in [4.78, 5) is 1.72. The smallest absolute Gasteiger partial charge is 0.168 e. The molecule has 0 aromatic heterocycles. The molecule has 0 aromatic rings. The molecule has 8 N–H and O–H groups in total. The lowest BCUT2D eigenvalue weighted by Crippen LogP contribution is -2.56. The Morgan fingerprint density at radius 2 is 1.86 bits per heavy atom. The van der Waals surface area contributed by atoms with Crippen molar-refractivity contribution in [2.24, 2.45) is 17.2 Å². The van der Waals surface area contributed by atoms with Crippen LogP contribution in [0.25, 0.3) is 0 Å². The molecule has 1 unspecified atom stereocenters. The van der Waals surface area contributed by atoms with Gasteiger partial charge in [0, 0.05) is 39.3 Å². The highest BCUT2D eigenvalue weighted by molar-refractivity contribution is 4.69. The van der Waals surface area contributed by atoms with Crippen LogP contribution in [0.3, 0.4) is 0 Å². The van der Waals surface area contributed by atoms with E-state index in [4.69, 9.17) is 17.2 Å². The molecular weight excluding hydrogens is 182 g/mol. The molecule has 14 heavy (non-hydrogen) atoms. The fourth-order valence-corrected chi connectivity index (χ4v) is 1.16. The van der Waals surface area contributed by atoms with Crippen molar-refractivity contribution in [1.29, 1.82) is 0 Å². The maximum Gasteiger partial charge on any atom is 0.168 e. The zero-order chi connectivity index (χ0) is 11.0. The van der Waals surface area contributed by atoms with Gasteiger partial charge in [-0.15, -0.1) is 0 Å². The van der Waals surface area contributed by atoms with Crippen LogP contribution in [0.15, 0.2) is 0 Å². The Bertz CT molecular complexity index is 136. The van der Waals surface area contributed by atoms with Gasteiger partial charge >= 0.3 is 0 Å². The Kier molecular flexibility index (Phi) is 6.98. The second-order valence-corrected chi connectivity index (χ2v) is 3.41. The van der Waals surface area contributed by atoms with E-state index < -0.39 is 5.85 Å². The summed E-state index contributed by atoms with van der Waals surface area (Å²) in [5.74, 6) is -1.30. The number of hydrogen-bond donors (Lipinski definition) is 5. The Labute approximate surface area is 85.4 Å². The molecule has 0 aliphatic carbocycles. The molecular formula is C8H23N5O. The molecule has 0 aliphatic rings. The molecule has 0 bridgehead atoms. The van der Waals surface area contributed by atoms with E-state index >= 15 is 0 Å². The quantitative estimate of drug-likeness (QED) is 0.220. The minimum atomic E-state index is -1.30. The second-order valence-electron chi connectivity index (χ2n) is 3.41. The van der Waals surface area contributed by atoms with Gasteiger partial charge in [0.1, 0.15) is 0 Å². The van der Waals surface area contributed by atoms with E-state index in [0.29, 0.717) is 26.2 Å². The topological polar surface area (TPSA) is 114 Å². The number of hydrogen-bond acceptors (Lipinski definition) is 6. The third-order valence-corrected chi connectivity index (χ3v) is 1.92. The highest BCUT2D eigenvalue weighted by Crippen LogP contribution is 2.01. The summed E-state index contributed by atoms with van der Waals surface area (Å²) in [6.45, 7) is 5.37. The summed E-state index contributed by atoms with van der Waals surface area (Å²) < 4.78 is 0. The van der Waals surface area contributed by atoms with Crippen LogP contribution in [0.4, 0.5) is 0 Å². The van der Waals surface area contributed by atoms with Gasteiger partial charge in [-0.05, 0) is 6.92 Å². The lowest BCUT2D eigenvalue weighted by atomic mass is 10.3. The van der Waals surface area contributed by atoms with E-state index in [1.165, 1.54) is 0 Å². The molecule has 86 valence electrons. The fraction of sp³-hybridized carbons (Fsp3) is 1.00. The number of nitrogens with zero attached hydrogens (tertiary/aromatic N) is 1. The fourth-order valence-electron chi connectivity index (χ4n) is 1.16. The van der Waals surface area contributed by atoms with Gasteiger partial charge in [-0.3, -0.25) is 10.6 Å². The summed E-state index contributed by atoms with van der Waals surface area (Å²) in [6.07, 6.45) is 0. The maximum atomic E-state index is 9.56. The molecule has 0 amide bonds. The molecule has 0 aliphatic heterocycles. The zero-order valence-corrected chi connectivity index (χ0v) is 8.87. The zero-order valence-electron chi connectivity index (χ0n) is 8.87. The van der Waals surface area contributed by atoms with Crippen LogP contribution in [-0.2, 0) is 0 Å². The van der Waals surface area contributed by atoms with Crippen molar-refractivity contribution in [3.05, 3.63) is 0 Å². The third-order valence-electron chi connectivity index (χ3n) is 1.92. The SMILES string of the molecule is CC(N)(O)N(CCN)CCNCCN. The van der Waals surface area contributed by atoms with E-state index in [9.17, 15) is 5.11 Å². The second kappa shape index (κ2) is 7.10. The first-order valence-corrected chi connectivity index (χ1v) is 4.89. The number of nitrogens with one attached hydrogen (secondary N) is 1. The van der Waals surface area contributed by atoms with E-state index in [0.717, 1.165) is 13.1 Å². The summed E-state index contributed by atoms with van der Waals surface area (Å²) in [5, 5.41) is 12.7. The monoisotopic (exact) mass is 205 g/mol. The molecule has 1 atom stereocenters. The molecule has 0 radical (unpaired) electrons. The van der Waals surface area contributed by atoms with Gasteiger partial charge in [0.05, 0.1) is 0 Å². The highest BCUT2D eigenvalue weighted by Gasteiger charge is 2.22. The normalized spacial score (nSPS) is 15.9. The molecule has 6 nitrogen and oxygen atoms in total. The summed E-state index contributed by atoms with van der Waals surface area (Å²) in [7, 11) is 0. The van der Waals surface area contributed by atoms with Gasteiger partial charge in [-0.2, -0.15) is 0 Å². The predicted molar refractivity (Wildman–Crippen MR) is 57.4 cm³/mol. The van der Waals surface area contributed by atoms with Crippen molar-refractivity contribution in [1.82, 2.24) is 10.2 Å². The third kappa shape index (κ3) is 6.25. The first-order chi connectivity index (χ1) is 6.52. The van der Waals surface area contributed by atoms with Crippen LogP contribution < -0.4 is 22.5 Å². The van der Waals surface area contributed by atoms with E-state index in [-0.39, 0.29) is 0 Å². The minimum Gasteiger partial charge on any atom is -0.363 e. The Morgan fingerprint density at radius 3 is 2.29 bits per heavy atom. The summed E-state index contributed by atoms with van der Waals surface area (Å²) in [5.41, 5.74) is 16.3. The molecule has 0 heterocycles. The van der Waals surface area contributed by atoms with Crippen molar-refractivity contribution < 1.29 is 5.11 Å². The van der Waals surface area contributed by atoms with Crippen molar-refractivity contribution in [2.45, 2.75) is 12.8 Å². The van der Waals surface area contributed by atoms with E-state index in [2.05, 4.69) is 5.32 Å². The van der Waals surface area contributed by atoms with Crippen molar-refractivity contribution in [3.8, 4) is 0 Å². The Hall–Kier alpha value is -0.240. The molecule has 0 spiro atoms. The first kappa shape index (κ1) is 13.8. The van der Waals surface area contributed by atoms with Gasteiger partial charge in [-0.25, -0.2) is 0 Å². The lowest BCUT2D eigenvalue weighted by Gasteiger charge is -2.33.